The normalized spacial score (nSPS) is 17.4. The Morgan fingerprint density at radius 2 is 1.96 bits per heavy atom. The molecule has 0 radical (unpaired) electrons. The van der Waals surface area contributed by atoms with Gasteiger partial charge in [0.1, 0.15) is 0 Å². The lowest BCUT2D eigenvalue weighted by Crippen LogP contribution is -2.38. The number of hydrogen-bond donors (Lipinski definition) is 1. The zero-order valence-electron chi connectivity index (χ0n) is 16.8. The second kappa shape index (κ2) is 9.43. The molecule has 1 aliphatic heterocycles. The number of carboxylic acids is 1. The number of benzene rings is 1. The Labute approximate surface area is 165 Å². The van der Waals surface area contributed by atoms with E-state index in [0.717, 1.165) is 5.56 Å². The molecule has 0 aromatic heterocycles. The molecule has 1 fully saturated rings. The maximum Gasteiger partial charge on any atom is 0.308 e. The van der Waals surface area contributed by atoms with E-state index in [0.29, 0.717) is 31.0 Å². The Kier molecular flexibility index (Phi) is 7.25. The average Bonchev–Trinajstić information content (AvgIpc) is 3.05. The van der Waals surface area contributed by atoms with Crippen molar-refractivity contribution in [2.75, 3.05) is 40.9 Å². The summed E-state index contributed by atoms with van der Waals surface area (Å²) in [5.74, 6) is -0.980. The third kappa shape index (κ3) is 5.15. The summed E-state index contributed by atoms with van der Waals surface area (Å²) in [6, 6.07) is 5.62. The van der Waals surface area contributed by atoms with Crippen molar-refractivity contribution in [3.63, 3.8) is 0 Å². The highest BCUT2D eigenvalue weighted by Crippen LogP contribution is 2.28. The molecule has 0 spiro atoms. The molecule has 1 N–H and O–H groups in total. The summed E-state index contributed by atoms with van der Waals surface area (Å²) in [6.07, 6.45) is 0.801. The summed E-state index contributed by atoms with van der Waals surface area (Å²) in [5, 5.41) is 8.99. The molecule has 2 unspecified atom stereocenters. The minimum Gasteiger partial charge on any atom is -0.493 e. The van der Waals surface area contributed by atoms with E-state index in [4.69, 9.17) is 14.6 Å². The molecule has 1 aliphatic rings. The van der Waals surface area contributed by atoms with E-state index < -0.39 is 17.8 Å². The molecule has 2 amide bonds. The first kappa shape index (κ1) is 21.5. The van der Waals surface area contributed by atoms with E-state index in [1.54, 1.807) is 33.1 Å². The summed E-state index contributed by atoms with van der Waals surface area (Å²) in [4.78, 5) is 38.9. The van der Waals surface area contributed by atoms with Gasteiger partial charge >= 0.3 is 5.97 Å². The number of nitrogens with zero attached hydrogens (tertiary/aromatic N) is 2. The van der Waals surface area contributed by atoms with Crippen LogP contribution in [0.2, 0.25) is 0 Å². The zero-order chi connectivity index (χ0) is 20.8. The van der Waals surface area contributed by atoms with Gasteiger partial charge in [-0.25, -0.2) is 0 Å². The Morgan fingerprint density at radius 1 is 1.29 bits per heavy atom. The number of carbonyl (C=O) groups is 3. The van der Waals surface area contributed by atoms with Gasteiger partial charge in [0.15, 0.2) is 11.5 Å². The molecule has 1 aromatic carbocycles. The van der Waals surface area contributed by atoms with Gasteiger partial charge in [0.25, 0.3) is 0 Å². The molecule has 0 saturated carbocycles. The number of rotatable bonds is 9. The van der Waals surface area contributed by atoms with E-state index >= 15 is 0 Å². The molecule has 2 rings (SSSR count). The van der Waals surface area contributed by atoms with Gasteiger partial charge in [-0.15, -0.1) is 0 Å². The molecule has 8 heteroatoms. The van der Waals surface area contributed by atoms with Crippen molar-refractivity contribution in [1.82, 2.24) is 9.80 Å². The summed E-state index contributed by atoms with van der Waals surface area (Å²) < 4.78 is 10.5. The largest absolute Gasteiger partial charge is 0.493 e. The molecular formula is C20H28N2O6. The number of likely N-dealkylation sites (tertiary alicyclic amines) is 1. The summed E-state index contributed by atoms with van der Waals surface area (Å²) in [7, 11) is 4.73. The van der Waals surface area contributed by atoms with Gasteiger partial charge in [0, 0.05) is 33.1 Å². The van der Waals surface area contributed by atoms with Crippen LogP contribution in [0.15, 0.2) is 18.2 Å². The standard InChI is InChI=1S/C20H28N2O6/c1-13(20(25)26)11-21(2)19(24)15-10-18(23)22(12-15)8-7-14-5-6-16(27-3)17(9-14)28-4/h5-6,9,13,15H,7-8,10-12H2,1-4H3,(H,25,26). The maximum atomic E-state index is 12.5. The van der Waals surface area contributed by atoms with Gasteiger partial charge in [-0.2, -0.15) is 0 Å². The lowest BCUT2D eigenvalue weighted by molar-refractivity contribution is -0.143. The van der Waals surface area contributed by atoms with Crippen LogP contribution < -0.4 is 9.47 Å². The first-order valence-corrected chi connectivity index (χ1v) is 9.23. The predicted octanol–water partition coefficient (Wildman–Crippen LogP) is 1.27. The number of hydrogen-bond acceptors (Lipinski definition) is 5. The van der Waals surface area contributed by atoms with Gasteiger partial charge < -0.3 is 24.4 Å². The van der Waals surface area contributed by atoms with E-state index in [-0.39, 0.29) is 24.8 Å². The van der Waals surface area contributed by atoms with Crippen LogP contribution in [0.5, 0.6) is 11.5 Å². The van der Waals surface area contributed by atoms with Gasteiger partial charge in [0.05, 0.1) is 26.1 Å². The highest BCUT2D eigenvalue weighted by molar-refractivity contribution is 5.89. The molecule has 0 aliphatic carbocycles. The number of amides is 2. The van der Waals surface area contributed by atoms with E-state index in [1.165, 1.54) is 4.90 Å². The van der Waals surface area contributed by atoms with Crippen LogP contribution in [0.4, 0.5) is 0 Å². The Morgan fingerprint density at radius 3 is 2.57 bits per heavy atom. The Hall–Kier alpha value is -2.77. The van der Waals surface area contributed by atoms with Crippen molar-refractivity contribution in [3.05, 3.63) is 23.8 Å². The SMILES string of the molecule is COc1ccc(CCN2CC(C(=O)N(C)CC(C)C(=O)O)CC2=O)cc1OC. The lowest BCUT2D eigenvalue weighted by atomic mass is 10.1. The smallest absolute Gasteiger partial charge is 0.308 e. The predicted molar refractivity (Wildman–Crippen MR) is 102 cm³/mol. The van der Waals surface area contributed by atoms with Crippen molar-refractivity contribution in [3.8, 4) is 11.5 Å². The molecular weight excluding hydrogens is 364 g/mol. The van der Waals surface area contributed by atoms with Gasteiger partial charge in [-0.3, -0.25) is 14.4 Å². The topological polar surface area (TPSA) is 96.4 Å². The number of carbonyl (C=O) groups excluding carboxylic acids is 2. The van der Waals surface area contributed by atoms with Crippen molar-refractivity contribution >= 4 is 17.8 Å². The van der Waals surface area contributed by atoms with E-state index in [2.05, 4.69) is 0 Å². The third-order valence-electron chi connectivity index (χ3n) is 5.03. The minimum atomic E-state index is -0.946. The lowest BCUT2D eigenvalue weighted by Gasteiger charge is -2.23. The van der Waals surface area contributed by atoms with Crippen LogP contribution in [0, 0.1) is 11.8 Å². The number of methoxy groups -OCH3 is 2. The Balaban J connectivity index is 1.92. The van der Waals surface area contributed by atoms with Gasteiger partial charge in [-0.05, 0) is 24.1 Å². The quantitative estimate of drug-likeness (QED) is 0.680. The van der Waals surface area contributed by atoms with E-state index in [9.17, 15) is 14.4 Å². The van der Waals surface area contributed by atoms with Crippen molar-refractivity contribution in [2.45, 2.75) is 19.8 Å². The molecule has 154 valence electrons. The van der Waals surface area contributed by atoms with Gasteiger partial charge in [-0.1, -0.05) is 13.0 Å². The van der Waals surface area contributed by atoms with Crippen LogP contribution in [0.3, 0.4) is 0 Å². The van der Waals surface area contributed by atoms with Crippen molar-refractivity contribution in [1.29, 1.82) is 0 Å². The maximum absolute atomic E-state index is 12.5. The summed E-state index contributed by atoms with van der Waals surface area (Å²) in [6.45, 7) is 2.55. The molecule has 1 heterocycles. The van der Waals surface area contributed by atoms with Crippen molar-refractivity contribution in [2.24, 2.45) is 11.8 Å². The number of carboxylic acid groups (broad SMARTS) is 1. The highest BCUT2D eigenvalue weighted by Gasteiger charge is 2.36. The fourth-order valence-electron chi connectivity index (χ4n) is 3.34. The molecule has 0 bridgehead atoms. The van der Waals surface area contributed by atoms with Gasteiger partial charge in [0.2, 0.25) is 11.8 Å². The molecule has 28 heavy (non-hydrogen) atoms. The molecule has 8 nitrogen and oxygen atoms in total. The first-order valence-electron chi connectivity index (χ1n) is 9.23. The highest BCUT2D eigenvalue weighted by atomic mass is 16.5. The monoisotopic (exact) mass is 392 g/mol. The fraction of sp³-hybridized carbons (Fsp3) is 0.550. The number of ether oxygens (including phenoxy) is 2. The summed E-state index contributed by atoms with van der Waals surface area (Å²) >= 11 is 0. The first-order chi connectivity index (χ1) is 13.3. The molecule has 1 saturated heterocycles. The number of aliphatic carboxylic acids is 1. The fourth-order valence-corrected chi connectivity index (χ4v) is 3.34. The van der Waals surface area contributed by atoms with Crippen LogP contribution in [0.25, 0.3) is 0 Å². The average molecular weight is 392 g/mol. The second-order valence-corrected chi connectivity index (χ2v) is 7.14. The van der Waals surface area contributed by atoms with Crippen LogP contribution in [-0.4, -0.2) is 73.6 Å². The third-order valence-corrected chi connectivity index (χ3v) is 5.03. The molecule has 2 atom stereocenters. The van der Waals surface area contributed by atoms with Crippen molar-refractivity contribution < 1.29 is 29.0 Å². The van der Waals surface area contributed by atoms with Crippen LogP contribution in [0.1, 0.15) is 18.9 Å². The minimum absolute atomic E-state index is 0.0569. The molecule has 1 aromatic rings. The Bertz CT molecular complexity index is 735. The van der Waals surface area contributed by atoms with Crippen LogP contribution in [-0.2, 0) is 20.8 Å². The second-order valence-electron chi connectivity index (χ2n) is 7.14. The van der Waals surface area contributed by atoms with Crippen LogP contribution >= 0.6 is 0 Å². The zero-order valence-corrected chi connectivity index (χ0v) is 16.8. The summed E-state index contributed by atoms with van der Waals surface area (Å²) in [5.41, 5.74) is 1.01. The van der Waals surface area contributed by atoms with E-state index in [1.807, 2.05) is 18.2 Å².